The van der Waals surface area contributed by atoms with Crippen molar-refractivity contribution in [1.82, 2.24) is 0 Å². The largest absolute Gasteiger partial charge is 0.414 e. The molecule has 0 aliphatic heterocycles. The van der Waals surface area contributed by atoms with Crippen LogP contribution in [0.3, 0.4) is 0 Å². The molecule has 0 bridgehead atoms. The summed E-state index contributed by atoms with van der Waals surface area (Å²) in [6, 6.07) is 0. The molecule has 0 spiro atoms. The van der Waals surface area contributed by atoms with Gasteiger partial charge >= 0.3 is 0 Å². The molecule has 0 amide bonds. The second-order valence-electron chi connectivity index (χ2n) is 8.97. The minimum Gasteiger partial charge on any atom is -0.414 e. The topological polar surface area (TPSA) is 46.5 Å². The van der Waals surface area contributed by atoms with Crippen LogP contribution in [0.25, 0.3) is 0 Å². The summed E-state index contributed by atoms with van der Waals surface area (Å²) in [5.41, 5.74) is -0.193. The minimum absolute atomic E-state index is 0.0367. The van der Waals surface area contributed by atoms with Gasteiger partial charge in [0.05, 0.1) is 12.0 Å². The number of aliphatic hydroxyl groups excluding tert-OH is 1. The van der Waals surface area contributed by atoms with E-state index in [9.17, 15) is 9.90 Å². The van der Waals surface area contributed by atoms with Crippen LogP contribution in [0.4, 0.5) is 0 Å². The van der Waals surface area contributed by atoms with E-state index in [-0.39, 0.29) is 28.3 Å². The molecule has 0 fully saturated rings. The molecule has 2 unspecified atom stereocenters. The van der Waals surface area contributed by atoms with Gasteiger partial charge in [0.25, 0.3) is 0 Å². The van der Waals surface area contributed by atoms with Crippen LogP contribution in [0.2, 0.25) is 18.1 Å². The predicted molar refractivity (Wildman–Crippen MR) is 94.4 cm³/mol. The molecular formula is C18H34O3Si. The summed E-state index contributed by atoms with van der Waals surface area (Å²) in [5.74, 6) is -0.286. The van der Waals surface area contributed by atoms with Crippen LogP contribution in [0.15, 0.2) is 12.2 Å². The molecule has 0 heterocycles. The highest BCUT2D eigenvalue weighted by atomic mass is 28.4. The number of rotatable bonds is 5. The molecule has 0 aromatic carbocycles. The van der Waals surface area contributed by atoms with Crippen LogP contribution in [0.5, 0.6) is 0 Å². The van der Waals surface area contributed by atoms with Crippen molar-refractivity contribution in [2.45, 2.75) is 84.7 Å². The van der Waals surface area contributed by atoms with Crippen LogP contribution < -0.4 is 0 Å². The summed E-state index contributed by atoms with van der Waals surface area (Å²) in [5, 5.41) is 10.8. The lowest BCUT2D eigenvalue weighted by Gasteiger charge is -2.41. The number of ketones is 1. The van der Waals surface area contributed by atoms with Crippen molar-refractivity contribution in [2.75, 3.05) is 0 Å². The van der Waals surface area contributed by atoms with E-state index in [1.54, 1.807) is 6.08 Å². The van der Waals surface area contributed by atoms with Gasteiger partial charge in [0.2, 0.25) is 0 Å². The van der Waals surface area contributed by atoms with Crippen LogP contribution in [0.1, 0.15) is 54.4 Å². The average molecular weight is 327 g/mol. The van der Waals surface area contributed by atoms with Gasteiger partial charge in [-0.3, -0.25) is 4.79 Å². The van der Waals surface area contributed by atoms with E-state index in [1.165, 1.54) is 0 Å². The maximum Gasteiger partial charge on any atom is 0.192 e. The molecule has 0 aromatic heterocycles. The smallest absolute Gasteiger partial charge is 0.192 e. The summed E-state index contributed by atoms with van der Waals surface area (Å²) in [4.78, 5) is 12.2. The Morgan fingerprint density at radius 3 is 2.41 bits per heavy atom. The van der Waals surface area contributed by atoms with E-state index in [2.05, 4.69) is 47.7 Å². The molecule has 4 heteroatoms. The molecule has 0 aromatic rings. The fourth-order valence-electron chi connectivity index (χ4n) is 3.01. The second-order valence-corrected chi connectivity index (χ2v) is 13.7. The Kier molecular flexibility index (Phi) is 5.86. The Morgan fingerprint density at radius 2 is 1.95 bits per heavy atom. The summed E-state index contributed by atoms with van der Waals surface area (Å²) < 4.78 is 6.32. The average Bonchev–Trinajstić information content (AvgIpc) is 2.23. The lowest BCUT2D eigenvalue weighted by Crippen LogP contribution is -2.46. The molecule has 0 saturated heterocycles. The molecule has 128 valence electrons. The molecule has 1 aliphatic rings. The molecule has 0 radical (unpaired) electrons. The molecule has 1 N–H and O–H groups in total. The van der Waals surface area contributed by atoms with Gasteiger partial charge < -0.3 is 9.53 Å². The van der Waals surface area contributed by atoms with Crippen molar-refractivity contribution in [3.8, 4) is 0 Å². The monoisotopic (exact) mass is 326 g/mol. The van der Waals surface area contributed by atoms with Crippen molar-refractivity contribution in [3.05, 3.63) is 12.2 Å². The molecule has 1 rings (SSSR count). The first-order chi connectivity index (χ1) is 9.78. The number of carbonyl (C=O) groups excluding carboxylic acids is 1. The van der Waals surface area contributed by atoms with Crippen molar-refractivity contribution in [1.29, 1.82) is 0 Å². The maximum absolute atomic E-state index is 12.2. The molecule has 22 heavy (non-hydrogen) atoms. The molecule has 1 aliphatic carbocycles. The Bertz CT molecular complexity index is 432. The van der Waals surface area contributed by atoms with Crippen molar-refractivity contribution in [2.24, 2.45) is 11.3 Å². The third kappa shape index (κ3) is 4.53. The summed E-state index contributed by atoms with van der Waals surface area (Å²) in [6.45, 7) is 17.2. The normalized spacial score (nSPS) is 25.1. The third-order valence-electron chi connectivity index (χ3n) is 5.33. The minimum atomic E-state index is -1.85. The number of allylic oxidation sites excluding steroid dienone is 2. The molecule has 3 atom stereocenters. The van der Waals surface area contributed by atoms with Crippen molar-refractivity contribution < 1.29 is 14.3 Å². The van der Waals surface area contributed by atoms with Gasteiger partial charge in [-0.1, -0.05) is 40.7 Å². The zero-order valence-electron chi connectivity index (χ0n) is 15.6. The van der Waals surface area contributed by atoms with Crippen LogP contribution in [-0.2, 0) is 9.22 Å². The zero-order valence-corrected chi connectivity index (χ0v) is 16.6. The number of carbonyl (C=O) groups is 1. The maximum atomic E-state index is 12.2. The van der Waals surface area contributed by atoms with Gasteiger partial charge in [-0.2, -0.15) is 0 Å². The highest BCUT2D eigenvalue weighted by molar-refractivity contribution is 6.74. The first-order valence-corrected chi connectivity index (χ1v) is 11.2. The van der Waals surface area contributed by atoms with Gasteiger partial charge in [-0.05, 0) is 49.4 Å². The Hall–Kier alpha value is -0.453. The molecule has 0 saturated carbocycles. The Labute approximate surface area is 137 Å². The zero-order chi connectivity index (χ0) is 17.3. The number of hydrogen-bond donors (Lipinski definition) is 1. The Balaban J connectivity index is 2.74. The second kappa shape index (κ2) is 6.58. The summed E-state index contributed by atoms with van der Waals surface area (Å²) >= 11 is 0. The third-order valence-corrected chi connectivity index (χ3v) is 9.94. The summed E-state index contributed by atoms with van der Waals surface area (Å²) in [6.07, 6.45) is 4.20. The Morgan fingerprint density at radius 1 is 1.41 bits per heavy atom. The van der Waals surface area contributed by atoms with E-state index < -0.39 is 14.4 Å². The van der Waals surface area contributed by atoms with Crippen LogP contribution in [-0.4, -0.2) is 31.4 Å². The van der Waals surface area contributed by atoms with Crippen molar-refractivity contribution >= 4 is 14.1 Å². The highest BCUT2D eigenvalue weighted by Crippen LogP contribution is 2.40. The lowest BCUT2D eigenvalue weighted by molar-refractivity contribution is -0.128. The van der Waals surface area contributed by atoms with E-state index >= 15 is 0 Å². The van der Waals surface area contributed by atoms with Gasteiger partial charge in [-0.15, -0.1) is 0 Å². The highest BCUT2D eigenvalue weighted by Gasteiger charge is 2.42. The first-order valence-electron chi connectivity index (χ1n) is 8.34. The van der Waals surface area contributed by atoms with Gasteiger partial charge in [0.15, 0.2) is 14.1 Å². The molecular weight excluding hydrogens is 292 g/mol. The number of aliphatic hydroxyl groups is 1. The van der Waals surface area contributed by atoms with Crippen LogP contribution in [0, 0.1) is 11.3 Å². The molecule has 3 nitrogen and oxygen atoms in total. The number of hydrogen-bond acceptors (Lipinski definition) is 3. The quantitative estimate of drug-likeness (QED) is 0.765. The van der Waals surface area contributed by atoms with E-state index in [4.69, 9.17) is 4.43 Å². The lowest BCUT2D eigenvalue weighted by atomic mass is 9.68. The van der Waals surface area contributed by atoms with Gasteiger partial charge in [0, 0.05) is 6.10 Å². The van der Waals surface area contributed by atoms with Crippen molar-refractivity contribution in [3.63, 3.8) is 0 Å². The van der Waals surface area contributed by atoms with Crippen LogP contribution >= 0.6 is 0 Å². The van der Waals surface area contributed by atoms with E-state index in [0.29, 0.717) is 6.42 Å². The fourth-order valence-corrected chi connectivity index (χ4v) is 4.46. The van der Waals surface area contributed by atoms with E-state index in [0.717, 1.165) is 6.42 Å². The fraction of sp³-hybridized carbons (Fsp3) is 0.833. The first kappa shape index (κ1) is 19.6. The SMILES string of the molecule is C[C@@H](CC(O)C1C(=O)C=CCC1(C)C)O[Si](C)(C)C(C)(C)C. The van der Waals surface area contributed by atoms with Gasteiger partial charge in [0.1, 0.15) is 0 Å². The van der Waals surface area contributed by atoms with Gasteiger partial charge in [-0.25, -0.2) is 0 Å². The van der Waals surface area contributed by atoms with E-state index in [1.807, 2.05) is 13.0 Å². The standard InChI is InChI=1S/C18H34O3Si/c1-13(21-22(7,8)17(2,3)4)12-15(20)16-14(19)10-9-11-18(16,5)6/h9-10,13,15-16,20H,11-12H2,1-8H3/t13-,15?,16?/m0/s1. The summed E-state index contributed by atoms with van der Waals surface area (Å²) in [7, 11) is -1.85. The predicted octanol–water partition coefficient (Wildman–Crippen LogP) is 4.32.